The number of amides is 2. The van der Waals surface area contributed by atoms with Crippen LogP contribution in [0.5, 0.6) is 0 Å². The Morgan fingerprint density at radius 3 is 2.59 bits per heavy atom. The highest BCUT2D eigenvalue weighted by Gasteiger charge is 2.21. The van der Waals surface area contributed by atoms with Crippen LogP contribution in [0.15, 0.2) is 0 Å². The first-order valence-electron chi connectivity index (χ1n) is 6.28. The Morgan fingerprint density at radius 1 is 1.35 bits per heavy atom. The number of rotatable bonds is 5. The van der Waals surface area contributed by atoms with E-state index in [2.05, 4.69) is 10.6 Å². The number of ether oxygens (including phenoxy) is 1. The van der Waals surface area contributed by atoms with Crippen LogP contribution in [0.25, 0.3) is 0 Å². The molecule has 5 heteroatoms. The molecule has 2 amide bonds. The summed E-state index contributed by atoms with van der Waals surface area (Å²) in [5, 5.41) is 5.48. The van der Waals surface area contributed by atoms with E-state index in [-0.39, 0.29) is 30.3 Å². The third-order valence-corrected chi connectivity index (χ3v) is 3.04. The zero-order valence-electron chi connectivity index (χ0n) is 10.6. The molecule has 1 aliphatic heterocycles. The third-order valence-electron chi connectivity index (χ3n) is 3.04. The van der Waals surface area contributed by atoms with Gasteiger partial charge in [-0.1, -0.05) is 6.92 Å². The number of carbonyl (C=O) groups excluding carboxylic acids is 2. The van der Waals surface area contributed by atoms with E-state index < -0.39 is 0 Å². The number of carbonyl (C=O) groups is 2. The normalized spacial score (nSPS) is 18.5. The molecule has 1 saturated heterocycles. The van der Waals surface area contributed by atoms with Gasteiger partial charge in [0.1, 0.15) is 0 Å². The summed E-state index contributed by atoms with van der Waals surface area (Å²) in [7, 11) is 0. The Morgan fingerprint density at radius 2 is 2.00 bits per heavy atom. The van der Waals surface area contributed by atoms with Crippen molar-refractivity contribution in [2.75, 3.05) is 19.8 Å². The van der Waals surface area contributed by atoms with Crippen LogP contribution in [0, 0.1) is 5.92 Å². The summed E-state index contributed by atoms with van der Waals surface area (Å²) in [6.45, 7) is 5.29. The quantitative estimate of drug-likeness (QED) is 0.735. The van der Waals surface area contributed by atoms with Gasteiger partial charge in [-0.3, -0.25) is 9.59 Å². The highest BCUT2D eigenvalue weighted by atomic mass is 16.5. The molecule has 2 N–H and O–H groups in total. The van der Waals surface area contributed by atoms with E-state index in [1.54, 1.807) is 0 Å². The van der Waals surface area contributed by atoms with Gasteiger partial charge in [0.25, 0.3) is 0 Å². The van der Waals surface area contributed by atoms with Gasteiger partial charge in [0.2, 0.25) is 11.8 Å². The predicted octanol–water partition coefficient (Wildman–Crippen LogP) is 0.444. The van der Waals surface area contributed by atoms with Gasteiger partial charge in [-0.2, -0.15) is 0 Å². The topological polar surface area (TPSA) is 67.4 Å². The minimum absolute atomic E-state index is 0.000138. The monoisotopic (exact) mass is 242 g/mol. The Balaban J connectivity index is 2.20. The maximum absolute atomic E-state index is 11.7. The summed E-state index contributed by atoms with van der Waals surface area (Å²) < 4.78 is 5.18. The summed E-state index contributed by atoms with van der Waals surface area (Å²) >= 11 is 0. The first-order chi connectivity index (χ1) is 8.13. The molecule has 1 heterocycles. The van der Waals surface area contributed by atoms with Crippen LogP contribution in [0.1, 0.15) is 33.1 Å². The fourth-order valence-corrected chi connectivity index (χ4v) is 1.70. The van der Waals surface area contributed by atoms with Crippen LogP contribution in [0.3, 0.4) is 0 Å². The van der Waals surface area contributed by atoms with Gasteiger partial charge >= 0.3 is 0 Å². The third kappa shape index (κ3) is 5.17. The molecule has 0 bridgehead atoms. The predicted molar refractivity (Wildman–Crippen MR) is 64.4 cm³/mol. The van der Waals surface area contributed by atoms with Crippen LogP contribution in [0.2, 0.25) is 0 Å². The van der Waals surface area contributed by atoms with Crippen molar-refractivity contribution in [3.63, 3.8) is 0 Å². The molecule has 0 saturated carbocycles. The Bertz CT molecular complexity index is 262. The van der Waals surface area contributed by atoms with E-state index in [1.807, 2.05) is 13.8 Å². The molecular formula is C12H22N2O3. The van der Waals surface area contributed by atoms with Gasteiger partial charge in [0.05, 0.1) is 6.54 Å². The van der Waals surface area contributed by atoms with E-state index >= 15 is 0 Å². The largest absolute Gasteiger partial charge is 0.381 e. The Kier molecular flexibility index (Phi) is 5.97. The molecule has 0 aromatic rings. The molecular weight excluding hydrogens is 220 g/mol. The first kappa shape index (κ1) is 14.0. The van der Waals surface area contributed by atoms with E-state index in [1.165, 1.54) is 0 Å². The molecule has 5 nitrogen and oxygen atoms in total. The van der Waals surface area contributed by atoms with Crippen molar-refractivity contribution in [1.29, 1.82) is 0 Å². The maximum Gasteiger partial charge on any atom is 0.239 e. The standard InChI is InChI=1S/C12H22N2O3/c1-3-9(2)14-11(15)8-13-12(16)10-4-6-17-7-5-10/h9-10H,3-8H2,1-2H3,(H,13,16)(H,14,15). The van der Waals surface area contributed by atoms with Crippen molar-refractivity contribution < 1.29 is 14.3 Å². The average Bonchev–Trinajstić information content (AvgIpc) is 2.36. The molecule has 0 spiro atoms. The van der Waals surface area contributed by atoms with Gasteiger partial charge in [-0.25, -0.2) is 0 Å². The molecule has 0 aliphatic carbocycles. The van der Waals surface area contributed by atoms with Gasteiger partial charge in [0, 0.05) is 25.2 Å². The number of hydrogen-bond donors (Lipinski definition) is 2. The zero-order chi connectivity index (χ0) is 12.7. The summed E-state index contributed by atoms with van der Waals surface area (Å²) in [5.41, 5.74) is 0. The second kappa shape index (κ2) is 7.27. The molecule has 1 unspecified atom stereocenters. The van der Waals surface area contributed by atoms with E-state index in [4.69, 9.17) is 4.74 Å². The minimum Gasteiger partial charge on any atom is -0.381 e. The second-order valence-electron chi connectivity index (χ2n) is 4.48. The number of hydrogen-bond acceptors (Lipinski definition) is 3. The minimum atomic E-state index is -0.125. The SMILES string of the molecule is CCC(C)NC(=O)CNC(=O)C1CCOCC1. The van der Waals surface area contributed by atoms with Gasteiger partial charge in [-0.15, -0.1) is 0 Å². The second-order valence-corrected chi connectivity index (χ2v) is 4.48. The van der Waals surface area contributed by atoms with Crippen molar-refractivity contribution in [2.24, 2.45) is 5.92 Å². The van der Waals surface area contributed by atoms with Gasteiger partial charge in [-0.05, 0) is 26.2 Å². The van der Waals surface area contributed by atoms with Crippen LogP contribution in [-0.4, -0.2) is 37.6 Å². The lowest BCUT2D eigenvalue weighted by Gasteiger charge is -2.21. The molecule has 1 aliphatic rings. The maximum atomic E-state index is 11.7. The molecule has 17 heavy (non-hydrogen) atoms. The van der Waals surface area contributed by atoms with Gasteiger partial charge in [0.15, 0.2) is 0 Å². The Labute approximate surface area is 102 Å². The average molecular weight is 242 g/mol. The molecule has 1 fully saturated rings. The van der Waals surface area contributed by atoms with Crippen LogP contribution in [0.4, 0.5) is 0 Å². The molecule has 1 rings (SSSR count). The fourth-order valence-electron chi connectivity index (χ4n) is 1.70. The van der Waals surface area contributed by atoms with Crippen LogP contribution >= 0.6 is 0 Å². The van der Waals surface area contributed by atoms with E-state index in [9.17, 15) is 9.59 Å². The lowest BCUT2D eigenvalue weighted by molar-refractivity contribution is -0.130. The molecule has 1 atom stereocenters. The highest BCUT2D eigenvalue weighted by molar-refractivity contribution is 5.85. The lowest BCUT2D eigenvalue weighted by atomic mass is 9.99. The number of nitrogens with one attached hydrogen (secondary N) is 2. The summed E-state index contributed by atoms with van der Waals surface area (Å²) in [6, 6.07) is 0.155. The highest BCUT2D eigenvalue weighted by Crippen LogP contribution is 2.14. The van der Waals surface area contributed by atoms with Crippen molar-refractivity contribution in [1.82, 2.24) is 10.6 Å². The van der Waals surface area contributed by atoms with Crippen molar-refractivity contribution >= 4 is 11.8 Å². The zero-order valence-corrected chi connectivity index (χ0v) is 10.6. The lowest BCUT2D eigenvalue weighted by Crippen LogP contribution is -2.43. The fraction of sp³-hybridized carbons (Fsp3) is 0.833. The van der Waals surface area contributed by atoms with E-state index in [0.29, 0.717) is 13.2 Å². The van der Waals surface area contributed by atoms with Gasteiger partial charge < -0.3 is 15.4 Å². The summed E-state index contributed by atoms with van der Waals surface area (Å²) in [5.74, 6) is -0.160. The Hall–Kier alpha value is -1.10. The summed E-state index contributed by atoms with van der Waals surface area (Å²) in [4.78, 5) is 23.2. The summed E-state index contributed by atoms with van der Waals surface area (Å²) in [6.07, 6.45) is 2.39. The van der Waals surface area contributed by atoms with Crippen LogP contribution in [-0.2, 0) is 14.3 Å². The molecule has 0 radical (unpaired) electrons. The van der Waals surface area contributed by atoms with E-state index in [0.717, 1.165) is 19.3 Å². The van der Waals surface area contributed by atoms with Crippen molar-refractivity contribution in [3.8, 4) is 0 Å². The molecule has 98 valence electrons. The smallest absolute Gasteiger partial charge is 0.239 e. The van der Waals surface area contributed by atoms with Crippen molar-refractivity contribution in [2.45, 2.75) is 39.2 Å². The van der Waals surface area contributed by atoms with Crippen molar-refractivity contribution in [3.05, 3.63) is 0 Å². The molecule has 0 aromatic heterocycles. The van der Waals surface area contributed by atoms with Crippen LogP contribution < -0.4 is 10.6 Å². The first-order valence-corrected chi connectivity index (χ1v) is 6.28. The molecule has 0 aromatic carbocycles.